The van der Waals surface area contributed by atoms with Gasteiger partial charge >= 0.3 is 12.2 Å². The number of piperidine rings is 1. The molecule has 5 rings (SSSR count). The normalized spacial score (nSPS) is 23.2. The Labute approximate surface area is 250 Å². The first-order valence-corrected chi connectivity index (χ1v) is 15.1. The molecule has 3 atom stereocenters. The minimum Gasteiger partial charge on any atom is -0.488 e. The topological polar surface area (TPSA) is 108 Å². The van der Waals surface area contributed by atoms with Crippen molar-refractivity contribution in [2.75, 3.05) is 25.5 Å². The summed E-state index contributed by atoms with van der Waals surface area (Å²) in [7, 11) is 2.08. The molecule has 234 valence electrons. The van der Waals surface area contributed by atoms with Crippen LogP contribution < -0.4 is 20.7 Å². The Bertz CT molecular complexity index is 1340. The van der Waals surface area contributed by atoms with Crippen LogP contribution in [-0.2, 0) is 12.6 Å². The number of hydrogen-bond donors (Lipinski definition) is 3. The predicted molar refractivity (Wildman–Crippen MR) is 157 cm³/mol. The van der Waals surface area contributed by atoms with Crippen molar-refractivity contribution in [1.29, 1.82) is 0 Å². The van der Waals surface area contributed by atoms with Crippen molar-refractivity contribution in [2.45, 2.75) is 89.6 Å². The average Bonchev–Trinajstić information content (AvgIpc) is 2.90. The summed E-state index contributed by atoms with van der Waals surface area (Å²) < 4.78 is 48.6. The van der Waals surface area contributed by atoms with Crippen LogP contribution in [0.5, 0.6) is 5.75 Å². The number of nitrogens with zero attached hydrogens (tertiary/aromatic N) is 3. The van der Waals surface area contributed by atoms with Crippen LogP contribution in [-0.4, -0.2) is 64.5 Å². The number of hydrogen-bond acceptors (Lipinski definition) is 7. The number of benzene rings is 1. The molecule has 2 fully saturated rings. The second-order valence-electron chi connectivity index (χ2n) is 13.2. The summed E-state index contributed by atoms with van der Waals surface area (Å²) >= 11 is 0. The number of alkyl halides is 3. The molecule has 1 aromatic heterocycles. The lowest BCUT2D eigenvalue weighted by molar-refractivity contribution is -0.139. The standard InChI is InChI=1S/C31H41F3N6O3/c1-30(2,3)39-29(42)38-22-6-5-7-26-20(22)16-24-21(31(32,33)34)17-35-28(37-24)36-23-9-8-19(15-27(23)43-26)25(41)14-18-10-12-40(4)13-11-18/h8-9,15,17-18,20,22,26H,5-7,10-14,16H2,1-4H3,(H,35,36,37)(H2,38,39,42)/t20-,22+,26?/m0/s1. The molecule has 1 aromatic carbocycles. The molecule has 1 saturated heterocycles. The van der Waals surface area contributed by atoms with Crippen molar-refractivity contribution in [3.63, 3.8) is 0 Å². The highest BCUT2D eigenvalue weighted by Crippen LogP contribution is 2.40. The molecular weight excluding hydrogens is 561 g/mol. The van der Waals surface area contributed by atoms with Crippen LogP contribution in [0.1, 0.15) is 80.9 Å². The third-order valence-electron chi connectivity index (χ3n) is 8.55. The van der Waals surface area contributed by atoms with E-state index < -0.39 is 41.4 Å². The number of nitrogens with one attached hydrogen (secondary N) is 3. The molecule has 3 aliphatic rings. The minimum atomic E-state index is -4.64. The molecule has 12 heteroatoms. The van der Waals surface area contributed by atoms with Gasteiger partial charge in [0.1, 0.15) is 11.9 Å². The quantitative estimate of drug-likeness (QED) is 0.384. The molecule has 1 unspecified atom stereocenters. The van der Waals surface area contributed by atoms with Gasteiger partial charge in [-0.25, -0.2) is 14.8 Å². The van der Waals surface area contributed by atoms with Gasteiger partial charge in [-0.15, -0.1) is 0 Å². The van der Waals surface area contributed by atoms with Gasteiger partial charge in [0, 0.05) is 35.7 Å². The number of carbonyl (C=O) groups is 2. The highest BCUT2D eigenvalue weighted by atomic mass is 19.4. The van der Waals surface area contributed by atoms with Crippen molar-refractivity contribution in [2.24, 2.45) is 11.8 Å². The molecule has 0 spiro atoms. The third-order valence-corrected chi connectivity index (χ3v) is 8.55. The fourth-order valence-electron chi connectivity index (χ4n) is 6.29. The Morgan fingerprint density at radius 3 is 2.56 bits per heavy atom. The number of halogens is 3. The van der Waals surface area contributed by atoms with Crippen LogP contribution in [0, 0.1) is 11.8 Å². The Hall–Kier alpha value is -3.41. The number of ketones is 1. The summed E-state index contributed by atoms with van der Waals surface area (Å²) in [5.41, 5.74) is -0.561. The number of amides is 2. The van der Waals surface area contributed by atoms with E-state index in [1.165, 1.54) is 0 Å². The zero-order valence-electron chi connectivity index (χ0n) is 25.2. The Morgan fingerprint density at radius 1 is 1.12 bits per heavy atom. The van der Waals surface area contributed by atoms with Crippen LogP contribution in [0.4, 0.5) is 29.6 Å². The van der Waals surface area contributed by atoms with Gasteiger partial charge < -0.3 is 25.6 Å². The molecule has 3 N–H and O–H groups in total. The fourth-order valence-corrected chi connectivity index (χ4v) is 6.29. The summed E-state index contributed by atoms with van der Waals surface area (Å²) in [6, 6.07) is 4.28. The van der Waals surface area contributed by atoms with E-state index in [0.717, 1.165) is 32.1 Å². The number of likely N-dealkylation sites (tertiary alicyclic amines) is 1. The van der Waals surface area contributed by atoms with E-state index >= 15 is 0 Å². The number of ether oxygens (including phenoxy) is 1. The van der Waals surface area contributed by atoms with Gasteiger partial charge in [0.2, 0.25) is 5.95 Å². The lowest BCUT2D eigenvalue weighted by Crippen LogP contribution is -2.55. The average molecular weight is 603 g/mol. The number of urea groups is 1. The Kier molecular flexibility index (Phi) is 8.87. The summed E-state index contributed by atoms with van der Waals surface area (Å²) in [6.45, 7) is 7.51. The number of Topliss-reactive ketones (excluding diaryl/α,β-unsaturated/α-hetero) is 1. The van der Waals surface area contributed by atoms with Gasteiger partial charge in [0.25, 0.3) is 0 Å². The van der Waals surface area contributed by atoms with E-state index in [2.05, 4.69) is 37.9 Å². The van der Waals surface area contributed by atoms with E-state index in [1.54, 1.807) is 18.2 Å². The first-order valence-electron chi connectivity index (χ1n) is 15.1. The van der Waals surface area contributed by atoms with E-state index in [-0.39, 0.29) is 23.8 Å². The summed E-state index contributed by atoms with van der Waals surface area (Å²) in [4.78, 5) is 36.7. The number of rotatable bonds is 4. The maximum Gasteiger partial charge on any atom is 0.419 e. The molecule has 2 bridgehead atoms. The minimum absolute atomic E-state index is 0.00231. The zero-order chi connectivity index (χ0) is 30.9. The van der Waals surface area contributed by atoms with Gasteiger partial charge in [0.15, 0.2) is 5.78 Å². The number of fused-ring (bicyclic) bond motifs is 4. The summed E-state index contributed by atoms with van der Waals surface area (Å²) in [5.74, 6) is 0.264. The molecule has 9 nitrogen and oxygen atoms in total. The van der Waals surface area contributed by atoms with Crippen molar-refractivity contribution in [1.82, 2.24) is 25.5 Å². The predicted octanol–water partition coefficient (Wildman–Crippen LogP) is 5.72. The highest BCUT2D eigenvalue weighted by Gasteiger charge is 2.41. The lowest BCUT2D eigenvalue weighted by Gasteiger charge is -2.40. The second-order valence-corrected chi connectivity index (χ2v) is 13.2. The number of anilines is 2. The van der Waals surface area contributed by atoms with Crippen LogP contribution in [0.2, 0.25) is 0 Å². The van der Waals surface area contributed by atoms with Crippen LogP contribution >= 0.6 is 0 Å². The van der Waals surface area contributed by atoms with Gasteiger partial charge in [-0.05, 0) is 104 Å². The highest BCUT2D eigenvalue weighted by molar-refractivity contribution is 5.97. The van der Waals surface area contributed by atoms with Crippen molar-refractivity contribution in [3.8, 4) is 5.75 Å². The molecule has 43 heavy (non-hydrogen) atoms. The molecular formula is C31H41F3N6O3. The van der Waals surface area contributed by atoms with Gasteiger partial charge in [-0.2, -0.15) is 13.2 Å². The summed E-state index contributed by atoms with van der Waals surface area (Å²) in [5, 5.41) is 8.89. The summed E-state index contributed by atoms with van der Waals surface area (Å²) in [6.07, 6.45) is -0.160. The van der Waals surface area contributed by atoms with Gasteiger partial charge in [-0.3, -0.25) is 4.79 Å². The fraction of sp³-hybridized carbons (Fsp3) is 0.613. The van der Waals surface area contributed by atoms with Crippen LogP contribution in [0.25, 0.3) is 0 Å². The lowest BCUT2D eigenvalue weighted by atomic mass is 9.78. The number of aromatic nitrogens is 2. The third kappa shape index (κ3) is 7.76. The zero-order valence-corrected chi connectivity index (χ0v) is 25.2. The van der Waals surface area contributed by atoms with E-state index in [4.69, 9.17) is 4.74 Å². The molecule has 1 aliphatic carbocycles. The monoisotopic (exact) mass is 602 g/mol. The molecule has 2 aromatic rings. The Balaban J connectivity index is 1.48. The SMILES string of the molecule is CN1CCC(CC(=O)c2ccc3c(c2)OC2CCC[C@@H](NC(=O)NC(C)(C)C)[C@@H]2Cc2nc(ncc2C(F)(F)F)N3)CC1. The molecule has 2 amide bonds. The van der Waals surface area contributed by atoms with E-state index in [1.807, 2.05) is 20.8 Å². The molecule has 3 heterocycles. The van der Waals surface area contributed by atoms with Crippen molar-refractivity contribution >= 4 is 23.5 Å². The van der Waals surface area contributed by atoms with Crippen molar-refractivity contribution < 1.29 is 27.5 Å². The van der Waals surface area contributed by atoms with E-state index in [9.17, 15) is 22.8 Å². The maximum absolute atomic E-state index is 14.0. The largest absolute Gasteiger partial charge is 0.488 e. The van der Waals surface area contributed by atoms with Crippen molar-refractivity contribution in [3.05, 3.63) is 41.2 Å². The van der Waals surface area contributed by atoms with Crippen LogP contribution in [0.15, 0.2) is 24.4 Å². The van der Waals surface area contributed by atoms with E-state index in [0.29, 0.717) is 48.6 Å². The van der Waals surface area contributed by atoms with Gasteiger partial charge in [0.05, 0.1) is 16.9 Å². The first-order chi connectivity index (χ1) is 20.2. The van der Waals surface area contributed by atoms with Gasteiger partial charge in [-0.1, -0.05) is 0 Å². The number of carbonyl (C=O) groups excluding carboxylic acids is 2. The Morgan fingerprint density at radius 2 is 1.86 bits per heavy atom. The maximum atomic E-state index is 14.0. The molecule has 2 aliphatic heterocycles. The van der Waals surface area contributed by atoms with Crippen LogP contribution in [0.3, 0.4) is 0 Å². The second kappa shape index (κ2) is 12.3. The smallest absolute Gasteiger partial charge is 0.419 e. The first kappa shape index (κ1) is 31.0. The molecule has 0 radical (unpaired) electrons. The molecule has 1 saturated carbocycles.